The van der Waals surface area contributed by atoms with Crippen LogP contribution in [0.1, 0.15) is 6.92 Å². The standard InChI is InChI=1S/C16H26N2O3/c1-3-19-15-6-4-5-7-16(15)21-10-8-17-12-14-13-18(2)9-11-20-14/h4-7,14,17H,3,8-13H2,1-2H3. The quantitative estimate of drug-likeness (QED) is 0.734. The van der Waals surface area contributed by atoms with E-state index in [4.69, 9.17) is 14.2 Å². The van der Waals surface area contributed by atoms with Gasteiger partial charge < -0.3 is 24.4 Å². The molecule has 0 radical (unpaired) electrons. The first-order valence-corrected chi connectivity index (χ1v) is 7.65. The third-order valence-corrected chi connectivity index (χ3v) is 3.40. The maximum Gasteiger partial charge on any atom is 0.161 e. The highest BCUT2D eigenvalue weighted by molar-refractivity contribution is 5.39. The van der Waals surface area contributed by atoms with Gasteiger partial charge in [0.25, 0.3) is 0 Å². The Morgan fingerprint density at radius 2 is 2.05 bits per heavy atom. The zero-order chi connectivity index (χ0) is 14.9. The number of morpholine rings is 1. The molecule has 0 spiro atoms. The van der Waals surface area contributed by atoms with Gasteiger partial charge in [-0.05, 0) is 26.1 Å². The van der Waals surface area contributed by atoms with E-state index < -0.39 is 0 Å². The number of hydrogen-bond acceptors (Lipinski definition) is 5. The molecule has 0 saturated carbocycles. The highest BCUT2D eigenvalue weighted by Crippen LogP contribution is 2.25. The monoisotopic (exact) mass is 294 g/mol. The number of hydrogen-bond donors (Lipinski definition) is 1. The van der Waals surface area contributed by atoms with E-state index in [2.05, 4.69) is 17.3 Å². The molecule has 0 aromatic heterocycles. The normalized spacial score (nSPS) is 19.4. The van der Waals surface area contributed by atoms with Crippen molar-refractivity contribution < 1.29 is 14.2 Å². The summed E-state index contributed by atoms with van der Waals surface area (Å²) in [7, 11) is 2.13. The van der Waals surface area contributed by atoms with Crippen LogP contribution >= 0.6 is 0 Å². The zero-order valence-electron chi connectivity index (χ0n) is 13.0. The van der Waals surface area contributed by atoms with Crippen LogP contribution in [0.3, 0.4) is 0 Å². The van der Waals surface area contributed by atoms with Crippen molar-refractivity contribution in [3.8, 4) is 11.5 Å². The highest BCUT2D eigenvalue weighted by atomic mass is 16.5. The summed E-state index contributed by atoms with van der Waals surface area (Å²) in [5.41, 5.74) is 0. The summed E-state index contributed by atoms with van der Waals surface area (Å²) in [5, 5.41) is 3.38. The van der Waals surface area contributed by atoms with E-state index in [1.165, 1.54) is 0 Å². The van der Waals surface area contributed by atoms with E-state index in [9.17, 15) is 0 Å². The maximum atomic E-state index is 5.76. The largest absolute Gasteiger partial charge is 0.490 e. The van der Waals surface area contributed by atoms with Crippen LogP contribution in [-0.4, -0.2) is 64.1 Å². The summed E-state index contributed by atoms with van der Waals surface area (Å²) < 4.78 is 17.0. The summed E-state index contributed by atoms with van der Waals surface area (Å²) >= 11 is 0. The number of nitrogens with one attached hydrogen (secondary N) is 1. The third-order valence-electron chi connectivity index (χ3n) is 3.40. The van der Waals surface area contributed by atoms with Gasteiger partial charge in [0.15, 0.2) is 11.5 Å². The summed E-state index contributed by atoms with van der Waals surface area (Å²) in [4.78, 5) is 2.30. The molecule has 1 fully saturated rings. The Hall–Kier alpha value is -1.30. The fourth-order valence-electron chi connectivity index (χ4n) is 2.33. The molecule has 0 aliphatic carbocycles. The van der Waals surface area contributed by atoms with E-state index >= 15 is 0 Å². The van der Waals surface area contributed by atoms with Crippen molar-refractivity contribution in [1.29, 1.82) is 0 Å². The summed E-state index contributed by atoms with van der Waals surface area (Å²) in [6, 6.07) is 7.77. The Morgan fingerprint density at radius 1 is 1.29 bits per heavy atom. The molecule has 1 atom stereocenters. The van der Waals surface area contributed by atoms with Gasteiger partial charge in [0, 0.05) is 26.2 Å². The van der Waals surface area contributed by atoms with Crippen LogP contribution < -0.4 is 14.8 Å². The fraction of sp³-hybridized carbons (Fsp3) is 0.625. The molecule has 1 saturated heterocycles. The molecule has 21 heavy (non-hydrogen) atoms. The Kier molecular flexibility index (Phi) is 6.79. The van der Waals surface area contributed by atoms with Gasteiger partial charge in [-0.2, -0.15) is 0 Å². The van der Waals surface area contributed by atoms with Gasteiger partial charge in [-0.3, -0.25) is 0 Å². The molecule has 1 aromatic rings. The van der Waals surface area contributed by atoms with Gasteiger partial charge in [0.2, 0.25) is 0 Å². The molecule has 1 unspecified atom stereocenters. The second-order valence-electron chi connectivity index (χ2n) is 5.19. The summed E-state index contributed by atoms with van der Waals surface area (Å²) in [6.45, 7) is 7.72. The van der Waals surface area contributed by atoms with Crippen molar-refractivity contribution >= 4 is 0 Å². The molecular weight excluding hydrogens is 268 g/mol. The number of benzene rings is 1. The number of ether oxygens (including phenoxy) is 3. The molecule has 118 valence electrons. The first-order chi connectivity index (χ1) is 10.3. The minimum Gasteiger partial charge on any atom is -0.490 e. The van der Waals surface area contributed by atoms with Crippen LogP contribution in [0.4, 0.5) is 0 Å². The van der Waals surface area contributed by atoms with Crippen molar-refractivity contribution in [3.05, 3.63) is 24.3 Å². The van der Waals surface area contributed by atoms with Crippen molar-refractivity contribution in [3.63, 3.8) is 0 Å². The Bertz CT molecular complexity index is 414. The lowest BCUT2D eigenvalue weighted by molar-refractivity contribution is -0.0182. The minimum atomic E-state index is 0.277. The molecular formula is C16H26N2O3. The van der Waals surface area contributed by atoms with Crippen LogP contribution in [-0.2, 0) is 4.74 Å². The van der Waals surface area contributed by atoms with Gasteiger partial charge in [0.05, 0.1) is 19.3 Å². The van der Waals surface area contributed by atoms with Gasteiger partial charge in [-0.15, -0.1) is 0 Å². The Labute approximate surface area is 127 Å². The first kappa shape index (κ1) is 16.1. The molecule has 1 aliphatic heterocycles. The molecule has 2 rings (SSSR count). The van der Waals surface area contributed by atoms with Gasteiger partial charge in [-0.25, -0.2) is 0 Å². The van der Waals surface area contributed by atoms with Crippen molar-refractivity contribution in [1.82, 2.24) is 10.2 Å². The molecule has 1 N–H and O–H groups in total. The molecule has 5 heteroatoms. The van der Waals surface area contributed by atoms with Gasteiger partial charge in [-0.1, -0.05) is 12.1 Å². The molecule has 1 aliphatic rings. The first-order valence-electron chi connectivity index (χ1n) is 7.65. The lowest BCUT2D eigenvalue weighted by Gasteiger charge is -2.30. The molecule has 1 heterocycles. The van der Waals surface area contributed by atoms with E-state index in [0.29, 0.717) is 13.2 Å². The predicted octanol–water partition coefficient (Wildman–Crippen LogP) is 1.38. The van der Waals surface area contributed by atoms with Crippen LogP contribution in [0.25, 0.3) is 0 Å². The number of nitrogens with zero attached hydrogens (tertiary/aromatic N) is 1. The number of para-hydroxylation sites is 2. The van der Waals surface area contributed by atoms with E-state index in [0.717, 1.165) is 44.3 Å². The molecule has 1 aromatic carbocycles. The van der Waals surface area contributed by atoms with E-state index in [-0.39, 0.29) is 6.10 Å². The van der Waals surface area contributed by atoms with Crippen molar-refractivity contribution in [2.75, 3.05) is 53.0 Å². The van der Waals surface area contributed by atoms with E-state index in [1.54, 1.807) is 0 Å². The predicted molar refractivity (Wildman–Crippen MR) is 83.2 cm³/mol. The average Bonchev–Trinajstić information content (AvgIpc) is 2.49. The smallest absolute Gasteiger partial charge is 0.161 e. The van der Waals surface area contributed by atoms with Crippen LogP contribution in [0.15, 0.2) is 24.3 Å². The van der Waals surface area contributed by atoms with Crippen LogP contribution in [0.2, 0.25) is 0 Å². The molecule has 0 amide bonds. The van der Waals surface area contributed by atoms with Gasteiger partial charge >= 0.3 is 0 Å². The van der Waals surface area contributed by atoms with Crippen LogP contribution in [0, 0.1) is 0 Å². The highest BCUT2D eigenvalue weighted by Gasteiger charge is 2.16. The second kappa shape index (κ2) is 8.87. The summed E-state index contributed by atoms with van der Waals surface area (Å²) in [6.07, 6.45) is 0.277. The maximum absolute atomic E-state index is 5.76. The third kappa shape index (κ3) is 5.53. The molecule has 5 nitrogen and oxygen atoms in total. The van der Waals surface area contributed by atoms with Gasteiger partial charge in [0.1, 0.15) is 6.61 Å². The van der Waals surface area contributed by atoms with E-state index in [1.807, 2.05) is 31.2 Å². The second-order valence-corrected chi connectivity index (χ2v) is 5.19. The SMILES string of the molecule is CCOc1ccccc1OCCNCC1CN(C)CCO1. The zero-order valence-corrected chi connectivity index (χ0v) is 13.0. The number of likely N-dealkylation sites (N-methyl/N-ethyl adjacent to an activating group) is 1. The lowest BCUT2D eigenvalue weighted by atomic mass is 10.3. The lowest BCUT2D eigenvalue weighted by Crippen LogP contribution is -2.45. The Morgan fingerprint density at radius 3 is 2.76 bits per heavy atom. The Balaban J connectivity index is 1.63. The topological polar surface area (TPSA) is 43.0 Å². The average molecular weight is 294 g/mol. The summed E-state index contributed by atoms with van der Waals surface area (Å²) in [5.74, 6) is 1.60. The van der Waals surface area contributed by atoms with Crippen molar-refractivity contribution in [2.45, 2.75) is 13.0 Å². The van der Waals surface area contributed by atoms with Crippen LogP contribution in [0.5, 0.6) is 11.5 Å². The molecule has 0 bridgehead atoms. The number of rotatable bonds is 8. The minimum absolute atomic E-state index is 0.277. The fourth-order valence-corrected chi connectivity index (χ4v) is 2.33. The van der Waals surface area contributed by atoms with Crippen molar-refractivity contribution in [2.24, 2.45) is 0 Å².